The van der Waals surface area contributed by atoms with Gasteiger partial charge in [-0.3, -0.25) is 4.90 Å². The average Bonchev–Trinajstić information content (AvgIpc) is 3.25. The fourth-order valence-electron chi connectivity index (χ4n) is 4.62. The van der Waals surface area contributed by atoms with Crippen LogP contribution in [-0.4, -0.2) is 24.0 Å². The van der Waals surface area contributed by atoms with Crippen molar-refractivity contribution < 1.29 is 0 Å². The van der Waals surface area contributed by atoms with Gasteiger partial charge in [-0.15, -0.1) is 0 Å². The smallest absolute Gasteiger partial charge is 0.0579 e. The first-order chi connectivity index (χ1) is 14.8. The zero-order chi connectivity index (χ0) is 20.2. The molecule has 0 amide bonds. The number of hydrogen-bond acceptors (Lipinski definition) is 2. The SMILES string of the molecule is c1ccc(C(N[C@H]2CCN(Cc3ccc4ccccc4c3)C2)c2ccccc2)cc1. The third-order valence-electron chi connectivity index (χ3n) is 6.16. The molecule has 1 heterocycles. The normalized spacial score (nSPS) is 17.0. The maximum absolute atomic E-state index is 3.95. The Balaban J connectivity index is 1.28. The van der Waals surface area contributed by atoms with Crippen molar-refractivity contribution in [2.45, 2.75) is 25.0 Å². The second kappa shape index (κ2) is 8.83. The molecule has 1 N–H and O–H groups in total. The topological polar surface area (TPSA) is 15.3 Å². The summed E-state index contributed by atoms with van der Waals surface area (Å²) in [7, 11) is 0. The van der Waals surface area contributed by atoms with Gasteiger partial charge in [-0.2, -0.15) is 0 Å². The molecule has 2 heteroatoms. The molecule has 1 aliphatic rings. The molecular weight excluding hydrogens is 364 g/mol. The number of hydrogen-bond donors (Lipinski definition) is 1. The highest BCUT2D eigenvalue weighted by molar-refractivity contribution is 5.82. The Kier molecular flexibility index (Phi) is 5.60. The molecule has 1 saturated heterocycles. The molecule has 0 aromatic heterocycles. The van der Waals surface area contributed by atoms with E-state index in [0.717, 1.165) is 19.6 Å². The molecule has 1 aliphatic heterocycles. The lowest BCUT2D eigenvalue weighted by Crippen LogP contribution is -2.35. The lowest BCUT2D eigenvalue weighted by Gasteiger charge is -2.24. The third kappa shape index (κ3) is 4.30. The van der Waals surface area contributed by atoms with Gasteiger partial charge in [0.1, 0.15) is 0 Å². The number of rotatable bonds is 6. The summed E-state index contributed by atoms with van der Waals surface area (Å²) >= 11 is 0. The summed E-state index contributed by atoms with van der Waals surface area (Å²) in [6, 6.07) is 37.8. The summed E-state index contributed by atoms with van der Waals surface area (Å²) in [5.41, 5.74) is 4.06. The molecule has 0 bridgehead atoms. The van der Waals surface area contributed by atoms with E-state index in [1.807, 2.05) is 0 Å². The summed E-state index contributed by atoms with van der Waals surface area (Å²) in [6.45, 7) is 3.24. The van der Waals surface area contributed by atoms with Crippen LogP contribution in [0.1, 0.15) is 29.2 Å². The highest BCUT2D eigenvalue weighted by Crippen LogP contribution is 2.25. The summed E-state index contributed by atoms with van der Waals surface area (Å²) in [5, 5.41) is 6.60. The van der Waals surface area contributed by atoms with Crippen molar-refractivity contribution >= 4 is 10.8 Å². The van der Waals surface area contributed by atoms with Gasteiger partial charge in [-0.1, -0.05) is 97.1 Å². The van der Waals surface area contributed by atoms with E-state index in [0.29, 0.717) is 6.04 Å². The Bertz CT molecular complexity index is 1050. The molecular formula is C28H28N2. The van der Waals surface area contributed by atoms with Crippen LogP contribution in [0.4, 0.5) is 0 Å². The molecule has 0 unspecified atom stereocenters. The van der Waals surface area contributed by atoms with Crippen LogP contribution < -0.4 is 5.32 Å². The van der Waals surface area contributed by atoms with E-state index in [2.05, 4.69) is 113 Å². The van der Waals surface area contributed by atoms with E-state index >= 15 is 0 Å². The Morgan fingerprint density at radius 2 is 1.37 bits per heavy atom. The third-order valence-corrected chi connectivity index (χ3v) is 6.16. The number of benzene rings is 4. The maximum atomic E-state index is 3.95. The zero-order valence-electron chi connectivity index (χ0n) is 17.2. The van der Waals surface area contributed by atoms with Gasteiger partial charge in [0, 0.05) is 25.7 Å². The first-order valence-corrected chi connectivity index (χ1v) is 10.9. The van der Waals surface area contributed by atoms with E-state index in [9.17, 15) is 0 Å². The van der Waals surface area contributed by atoms with Gasteiger partial charge in [-0.05, 0) is 39.9 Å². The van der Waals surface area contributed by atoms with Gasteiger partial charge in [0.2, 0.25) is 0 Å². The van der Waals surface area contributed by atoms with Crippen molar-refractivity contribution in [1.29, 1.82) is 0 Å². The monoisotopic (exact) mass is 392 g/mol. The van der Waals surface area contributed by atoms with Crippen molar-refractivity contribution in [2.24, 2.45) is 0 Å². The predicted octanol–water partition coefficient (Wildman–Crippen LogP) is 5.79. The lowest BCUT2D eigenvalue weighted by molar-refractivity contribution is 0.317. The van der Waals surface area contributed by atoms with Crippen molar-refractivity contribution in [3.63, 3.8) is 0 Å². The molecule has 2 nitrogen and oxygen atoms in total. The predicted molar refractivity (Wildman–Crippen MR) is 125 cm³/mol. The molecule has 5 rings (SSSR count). The van der Waals surface area contributed by atoms with Crippen LogP contribution in [-0.2, 0) is 6.54 Å². The molecule has 0 spiro atoms. The van der Waals surface area contributed by atoms with Gasteiger partial charge in [-0.25, -0.2) is 0 Å². The van der Waals surface area contributed by atoms with Crippen LogP contribution in [0.3, 0.4) is 0 Å². The lowest BCUT2D eigenvalue weighted by atomic mass is 9.97. The second-order valence-electron chi connectivity index (χ2n) is 8.32. The summed E-state index contributed by atoms with van der Waals surface area (Å²) in [4.78, 5) is 2.58. The first-order valence-electron chi connectivity index (χ1n) is 10.9. The highest BCUT2D eigenvalue weighted by Gasteiger charge is 2.26. The van der Waals surface area contributed by atoms with E-state index in [4.69, 9.17) is 0 Å². The van der Waals surface area contributed by atoms with Crippen molar-refractivity contribution in [3.8, 4) is 0 Å². The van der Waals surface area contributed by atoms with E-state index < -0.39 is 0 Å². The molecule has 0 saturated carbocycles. The molecule has 30 heavy (non-hydrogen) atoms. The standard InChI is InChI=1S/C28H28N2/c1-3-10-24(11-4-1)28(25-12-5-2-6-13-25)29-27-17-18-30(21-27)20-22-15-16-23-9-7-8-14-26(23)19-22/h1-16,19,27-29H,17-18,20-21H2/t27-/m0/s1. The Morgan fingerprint density at radius 3 is 2.07 bits per heavy atom. The molecule has 0 radical (unpaired) electrons. The van der Waals surface area contributed by atoms with Gasteiger partial charge < -0.3 is 5.32 Å². The van der Waals surface area contributed by atoms with Crippen LogP contribution in [0.25, 0.3) is 10.8 Å². The van der Waals surface area contributed by atoms with Gasteiger partial charge in [0.25, 0.3) is 0 Å². The molecule has 0 aliphatic carbocycles. The number of nitrogens with zero attached hydrogens (tertiary/aromatic N) is 1. The van der Waals surface area contributed by atoms with Gasteiger partial charge in [0.05, 0.1) is 6.04 Å². The van der Waals surface area contributed by atoms with Crippen LogP contribution >= 0.6 is 0 Å². The number of likely N-dealkylation sites (tertiary alicyclic amines) is 1. The molecule has 4 aromatic rings. The maximum Gasteiger partial charge on any atom is 0.0579 e. The largest absolute Gasteiger partial charge is 0.302 e. The van der Waals surface area contributed by atoms with E-state index in [1.165, 1.54) is 33.9 Å². The van der Waals surface area contributed by atoms with Crippen molar-refractivity contribution in [1.82, 2.24) is 10.2 Å². The summed E-state index contributed by atoms with van der Waals surface area (Å²) in [5.74, 6) is 0. The van der Waals surface area contributed by atoms with Crippen molar-refractivity contribution in [3.05, 3.63) is 120 Å². The van der Waals surface area contributed by atoms with Crippen molar-refractivity contribution in [2.75, 3.05) is 13.1 Å². The molecule has 1 fully saturated rings. The quantitative estimate of drug-likeness (QED) is 0.446. The molecule has 150 valence electrons. The minimum Gasteiger partial charge on any atom is -0.302 e. The fourth-order valence-corrected chi connectivity index (χ4v) is 4.62. The Hall–Kier alpha value is -2.94. The molecule has 1 atom stereocenters. The number of nitrogens with one attached hydrogen (secondary N) is 1. The minimum absolute atomic E-state index is 0.234. The minimum atomic E-state index is 0.234. The summed E-state index contributed by atoms with van der Waals surface area (Å²) < 4.78 is 0. The first kappa shape index (κ1) is 19.0. The molecule has 4 aromatic carbocycles. The van der Waals surface area contributed by atoms with E-state index in [1.54, 1.807) is 0 Å². The average molecular weight is 393 g/mol. The van der Waals surface area contributed by atoms with Crippen LogP contribution in [0.2, 0.25) is 0 Å². The van der Waals surface area contributed by atoms with Gasteiger partial charge >= 0.3 is 0 Å². The zero-order valence-corrected chi connectivity index (χ0v) is 17.2. The summed E-state index contributed by atoms with van der Waals surface area (Å²) in [6.07, 6.45) is 1.18. The van der Waals surface area contributed by atoms with Gasteiger partial charge in [0.15, 0.2) is 0 Å². The van der Waals surface area contributed by atoms with Crippen LogP contribution in [0.15, 0.2) is 103 Å². The Labute approximate surface area is 179 Å². The van der Waals surface area contributed by atoms with E-state index in [-0.39, 0.29) is 6.04 Å². The highest BCUT2D eigenvalue weighted by atomic mass is 15.2. The fraction of sp³-hybridized carbons (Fsp3) is 0.214. The van der Waals surface area contributed by atoms with Crippen LogP contribution in [0, 0.1) is 0 Å². The Morgan fingerprint density at radius 1 is 0.733 bits per heavy atom. The number of fused-ring (bicyclic) bond motifs is 1. The van der Waals surface area contributed by atoms with Crippen LogP contribution in [0.5, 0.6) is 0 Å². The second-order valence-corrected chi connectivity index (χ2v) is 8.32.